The molecule has 0 aromatic heterocycles. The first-order chi connectivity index (χ1) is 14.6. The van der Waals surface area contributed by atoms with Crippen molar-refractivity contribution in [2.45, 2.75) is 19.6 Å². The van der Waals surface area contributed by atoms with Crippen LogP contribution in [0.1, 0.15) is 37.4 Å². The molecular weight excluding hydrogens is 378 g/mol. The number of carbonyl (C=O) groups is 2. The van der Waals surface area contributed by atoms with Crippen LogP contribution < -0.4 is 0 Å². The molecule has 3 rings (SSSR count). The van der Waals surface area contributed by atoms with Crippen LogP contribution >= 0.6 is 0 Å². The lowest BCUT2D eigenvalue weighted by molar-refractivity contribution is 0.0592. The van der Waals surface area contributed by atoms with Crippen molar-refractivity contribution in [3.63, 3.8) is 0 Å². The zero-order valence-corrected chi connectivity index (χ0v) is 17.2. The molecule has 0 atom stereocenters. The lowest BCUT2D eigenvalue weighted by atomic mass is 10.1. The molecule has 5 heteroatoms. The highest BCUT2D eigenvalue weighted by molar-refractivity contribution is 5.89. The number of hydrogen-bond acceptors (Lipinski definition) is 5. The minimum Gasteiger partial charge on any atom is -0.465 e. The van der Waals surface area contributed by atoms with Crippen molar-refractivity contribution >= 4 is 11.9 Å². The number of carbonyl (C=O) groups excluding carboxylic acids is 2. The average Bonchev–Trinajstić information content (AvgIpc) is 2.79. The van der Waals surface area contributed by atoms with Gasteiger partial charge in [0, 0.05) is 19.6 Å². The van der Waals surface area contributed by atoms with Crippen LogP contribution in [0.25, 0.3) is 0 Å². The van der Waals surface area contributed by atoms with E-state index >= 15 is 0 Å². The molecule has 0 saturated heterocycles. The second kappa shape index (κ2) is 10.4. The fourth-order valence-electron chi connectivity index (χ4n) is 3.35. The van der Waals surface area contributed by atoms with E-state index in [1.54, 1.807) is 12.1 Å². The third kappa shape index (κ3) is 5.78. The Kier molecular flexibility index (Phi) is 7.35. The smallest absolute Gasteiger partial charge is 0.337 e. The van der Waals surface area contributed by atoms with Crippen molar-refractivity contribution in [2.24, 2.45) is 0 Å². The van der Waals surface area contributed by atoms with Gasteiger partial charge in [-0.1, -0.05) is 54.6 Å². The first-order valence-electron chi connectivity index (χ1n) is 9.70. The maximum atomic E-state index is 11.9. The molecular formula is C25H25NO4. The maximum Gasteiger partial charge on any atom is 0.337 e. The predicted octanol–water partition coefficient (Wildman–Crippen LogP) is 4.46. The normalized spacial score (nSPS) is 10.6. The molecule has 3 aromatic carbocycles. The minimum absolute atomic E-state index is 0.350. The van der Waals surface area contributed by atoms with E-state index in [-0.39, 0.29) is 11.9 Å². The van der Waals surface area contributed by atoms with Crippen LogP contribution in [0.15, 0.2) is 78.9 Å². The Balaban J connectivity index is 1.84. The van der Waals surface area contributed by atoms with Gasteiger partial charge in [0.05, 0.1) is 25.3 Å². The summed E-state index contributed by atoms with van der Waals surface area (Å²) in [5, 5.41) is 0. The second-order valence-electron chi connectivity index (χ2n) is 7.01. The highest BCUT2D eigenvalue weighted by Crippen LogP contribution is 2.17. The molecule has 0 fully saturated rings. The molecule has 0 radical (unpaired) electrons. The molecule has 0 bridgehead atoms. The van der Waals surface area contributed by atoms with Crippen LogP contribution in [0.5, 0.6) is 0 Å². The van der Waals surface area contributed by atoms with E-state index < -0.39 is 0 Å². The van der Waals surface area contributed by atoms with E-state index in [2.05, 4.69) is 17.0 Å². The summed E-state index contributed by atoms with van der Waals surface area (Å²) >= 11 is 0. The molecule has 0 aliphatic heterocycles. The summed E-state index contributed by atoms with van der Waals surface area (Å²) in [6.45, 7) is 2.01. The highest BCUT2D eigenvalue weighted by Gasteiger charge is 2.13. The molecule has 0 unspecified atom stereocenters. The summed E-state index contributed by atoms with van der Waals surface area (Å²) < 4.78 is 9.67. The van der Waals surface area contributed by atoms with E-state index in [0.29, 0.717) is 24.2 Å². The highest BCUT2D eigenvalue weighted by atomic mass is 16.5. The number of benzene rings is 3. The van der Waals surface area contributed by atoms with Crippen molar-refractivity contribution in [3.8, 4) is 0 Å². The van der Waals surface area contributed by atoms with Gasteiger partial charge < -0.3 is 9.47 Å². The summed E-state index contributed by atoms with van der Waals surface area (Å²) in [6, 6.07) is 25.1. The Hall–Kier alpha value is -3.44. The van der Waals surface area contributed by atoms with Gasteiger partial charge in [0.15, 0.2) is 0 Å². The van der Waals surface area contributed by atoms with Gasteiger partial charge in [-0.05, 0) is 41.0 Å². The third-order valence-electron chi connectivity index (χ3n) is 4.76. The van der Waals surface area contributed by atoms with E-state index in [9.17, 15) is 9.59 Å². The van der Waals surface area contributed by atoms with Gasteiger partial charge in [0.1, 0.15) is 0 Å². The number of methoxy groups -OCH3 is 2. The number of nitrogens with zero attached hydrogens (tertiary/aromatic N) is 1. The van der Waals surface area contributed by atoms with Crippen LogP contribution in [0, 0.1) is 0 Å². The Labute approximate surface area is 176 Å². The molecule has 0 saturated carbocycles. The SMILES string of the molecule is COC(=O)c1cccc(CN(Cc2ccccc2)Cc2cccc(C(=O)OC)c2)c1. The third-order valence-corrected chi connectivity index (χ3v) is 4.76. The minimum atomic E-state index is -0.350. The number of hydrogen-bond donors (Lipinski definition) is 0. The van der Waals surface area contributed by atoms with Crippen LogP contribution in [0.3, 0.4) is 0 Å². The van der Waals surface area contributed by atoms with Crippen LogP contribution in [0.2, 0.25) is 0 Å². The summed E-state index contributed by atoms with van der Waals surface area (Å²) in [4.78, 5) is 26.0. The van der Waals surface area contributed by atoms with E-state index in [4.69, 9.17) is 9.47 Å². The first kappa shape index (κ1) is 21.3. The summed E-state index contributed by atoms with van der Waals surface area (Å²) in [5.74, 6) is -0.700. The van der Waals surface area contributed by atoms with Gasteiger partial charge in [0.25, 0.3) is 0 Å². The Morgan fingerprint density at radius 1 is 0.633 bits per heavy atom. The van der Waals surface area contributed by atoms with Crippen molar-refractivity contribution in [1.82, 2.24) is 4.90 Å². The molecule has 0 heterocycles. The molecule has 154 valence electrons. The van der Waals surface area contributed by atoms with Gasteiger partial charge in [-0.15, -0.1) is 0 Å². The Morgan fingerprint density at radius 3 is 1.53 bits per heavy atom. The molecule has 0 aliphatic rings. The van der Waals surface area contributed by atoms with Crippen molar-refractivity contribution in [3.05, 3.63) is 107 Å². The van der Waals surface area contributed by atoms with Gasteiger partial charge in [-0.25, -0.2) is 9.59 Å². The second-order valence-corrected chi connectivity index (χ2v) is 7.01. The molecule has 0 amide bonds. The topological polar surface area (TPSA) is 55.8 Å². The summed E-state index contributed by atoms with van der Waals surface area (Å²) in [5.41, 5.74) is 4.27. The zero-order chi connectivity index (χ0) is 21.3. The average molecular weight is 403 g/mol. The van der Waals surface area contributed by atoms with Gasteiger partial charge >= 0.3 is 11.9 Å². The maximum absolute atomic E-state index is 11.9. The monoisotopic (exact) mass is 403 g/mol. The fraction of sp³-hybridized carbons (Fsp3) is 0.200. The van der Waals surface area contributed by atoms with Gasteiger partial charge in [-0.3, -0.25) is 4.90 Å². The van der Waals surface area contributed by atoms with E-state index in [0.717, 1.165) is 17.7 Å². The van der Waals surface area contributed by atoms with E-state index in [1.807, 2.05) is 54.6 Å². The molecule has 30 heavy (non-hydrogen) atoms. The standard InChI is InChI=1S/C25H25NO4/c1-29-24(27)22-12-6-10-20(14-22)17-26(16-19-8-4-3-5-9-19)18-21-11-7-13-23(15-21)25(28)30-2/h3-15H,16-18H2,1-2H3. The molecule has 5 nitrogen and oxygen atoms in total. The molecule has 3 aromatic rings. The van der Waals surface area contributed by atoms with Crippen molar-refractivity contribution < 1.29 is 19.1 Å². The lowest BCUT2D eigenvalue weighted by Crippen LogP contribution is -2.23. The van der Waals surface area contributed by atoms with Gasteiger partial charge in [-0.2, -0.15) is 0 Å². The number of ether oxygens (including phenoxy) is 2. The van der Waals surface area contributed by atoms with Gasteiger partial charge in [0.2, 0.25) is 0 Å². The van der Waals surface area contributed by atoms with Crippen LogP contribution in [-0.2, 0) is 29.1 Å². The Morgan fingerprint density at radius 2 is 1.07 bits per heavy atom. The fourth-order valence-corrected chi connectivity index (χ4v) is 3.35. The largest absolute Gasteiger partial charge is 0.465 e. The molecule has 0 aliphatic carbocycles. The summed E-state index contributed by atoms with van der Waals surface area (Å²) in [7, 11) is 2.76. The predicted molar refractivity (Wildman–Crippen MR) is 115 cm³/mol. The molecule has 0 spiro atoms. The first-order valence-corrected chi connectivity index (χ1v) is 9.70. The van der Waals surface area contributed by atoms with Crippen molar-refractivity contribution in [2.75, 3.05) is 14.2 Å². The number of esters is 2. The van der Waals surface area contributed by atoms with Crippen LogP contribution in [-0.4, -0.2) is 31.1 Å². The summed E-state index contributed by atoms with van der Waals surface area (Å²) in [6.07, 6.45) is 0. The number of rotatable bonds is 8. The zero-order valence-electron chi connectivity index (χ0n) is 17.2. The van der Waals surface area contributed by atoms with Crippen molar-refractivity contribution in [1.29, 1.82) is 0 Å². The quantitative estimate of drug-likeness (QED) is 0.520. The van der Waals surface area contributed by atoms with E-state index in [1.165, 1.54) is 19.8 Å². The molecule has 0 N–H and O–H groups in total. The van der Waals surface area contributed by atoms with Crippen LogP contribution in [0.4, 0.5) is 0 Å². The Bertz CT molecular complexity index is 939. The lowest BCUT2D eigenvalue weighted by Gasteiger charge is -2.23.